The van der Waals surface area contributed by atoms with Crippen molar-refractivity contribution in [3.8, 4) is 0 Å². The van der Waals surface area contributed by atoms with Crippen molar-refractivity contribution in [2.75, 3.05) is 0 Å². The molecule has 0 spiro atoms. The van der Waals surface area contributed by atoms with E-state index in [1.54, 1.807) is 0 Å². The zero-order chi connectivity index (χ0) is 19.2. The van der Waals surface area contributed by atoms with E-state index in [1.807, 2.05) is 6.08 Å². The second-order valence-corrected chi connectivity index (χ2v) is 11.4. The lowest BCUT2D eigenvalue weighted by molar-refractivity contribution is -0.141. The molecule has 0 aliphatic heterocycles. The molecule has 0 aromatic heterocycles. The molecule has 2 heteroatoms. The third kappa shape index (κ3) is 2.26. The molecular formula is C25H36O2. The summed E-state index contributed by atoms with van der Waals surface area (Å²) < 4.78 is 0. The van der Waals surface area contributed by atoms with E-state index < -0.39 is 5.60 Å². The third-order valence-corrected chi connectivity index (χ3v) is 9.78. The Labute approximate surface area is 164 Å². The average molecular weight is 369 g/mol. The van der Waals surface area contributed by atoms with Crippen LogP contribution in [0, 0.1) is 46.3 Å². The summed E-state index contributed by atoms with van der Waals surface area (Å²) in [7, 11) is 0. The van der Waals surface area contributed by atoms with Crippen molar-refractivity contribution in [2.24, 2.45) is 46.3 Å². The van der Waals surface area contributed by atoms with Crippen molar-refractivity contribution in [2.45, 2.75) is 78.2 Å². The van der Waals surface area contributed by atoms with Crippen LogP contribution >= 0.6 is 0 Å². The SMILES string of the molecule is CC(C)CC[C@]1(O)[C@H]2C[C@H]2[C@H]2[C@@H]3C=CC4=CC(=O)CC[C@]4(C)[C@H]3CC[C@@]21C. The third-order valence-electron chi connectivity index (χ3n) is 9.78. The van der Waals surface area contributed by atoms with Crippen LogP contribution in [0.2, 0.25) is 0 Å². The summed E-state index contributed by atoms with van der Waals surface area (Å²) in [6, 6.07) is 0. The van der Waals surface area contributed by atoms with E-state index in [0.717, 1.165) is 31.6 Å². The molecule has 1 N–H and O–H groups in total. The summed E-state index contributed by atoms with van der Waals surface area (Å²) in [6.07, 6.45) is 14.1. The molecule has 5 aliphatic rings. The highest BCUT2D eigenvalue weighted by atomic mass is 16.3. The Bertz CT molecular complexity index is 733. The van der Waals surface area contributed by atoms with Gasteiger partial charge in [-0.2, -0.15) is 0 Å². The van der Waals surface area contributed by atoms with Crippen LogP contribution in [0.5, 0.6) is 0 Å². The highest BCUT2D eigenvalue weighted by molar-refractivity contribution is 5.92. The number of hydrogen-bond donors (Lipinski definition) is 1. The van der Waals surface area contributed by atoms with Gasteiger partial charge >= 0.3 is 0 Å². The van der Waals surface area contributed by atoms with E-state index in [2.05, 4.69) is 39.8 Å². The number of rotatable bonds is 3. The van der Waals surface area contributed by atoms with E-state index >= 15 is 0 Å². The van der Waals surface area contributed by atoms with Crippen molar-refractivity contribution in [3.63, 3.8) is 0 Å². The van der Waals surface area contributed by atoms with E-state index in [4.69, 9.17) is 0 Å². The Morgan fingerprint density at radius 2 is 2.00 bits per heavy atom. The molecule has 5 rings (SSSR count). The highest BCUT2D eigenvalue weighted by Gasteiger charge is 2.75. The largest absolute Gasteiger partial charge is 0.389 e. The fourth-order valence-corrected chi connectivity index (χ4v) is 8.10. The van der Waals surface area contributed by atoms with Crippen LogP contribution < -0.4 is 0 Å². The van der Waals surface area contributed by atoms with Crippen LogP contribution in [0.25, 0.3) is 0 Å². The zero-order valence-corrected chi connectivity index (χ0v) is 17.5. The van der Waals surface area contributed by atoms with Gasteiger partial charge in [0.25, 0.3) is 0 Å². The number of hydrogen-bond acceptors (Lipinski definition) is 2. The van der Waals surface area contributed by atoms with Crippen LogP contribution in [0.3, 0.4) is 0 Å². The lowest BCUT2D eigenvalue weighted by Gasteiger charge is -2.58. The lowest BCUT2D eigenvalue weighted by atomic mass is 9.46. The average Bonchev–Trinajstić information content (AvgIpc) is 3.37. The number of aliphatic hydroxyl groups is 1. The maximum Gasteiger partial charge on any atom is 0.156 e. The smallest absolute Gasteiger partial charge is 0.156 e. The molecule has 0 radical (unpaired) electrons. The van der Waals surface area contributed by atoms with Crippen LogP contribution in [-0.4, -0.2) is 16.5 Å². The van der Waals surface area contributed by atoms with Gasteiger partial charge in [0.1, 0.15) is 0 Å². The maximum absolute atomic E-state index is 12.0. The minimum atomic E-state index is -0.453. The van der Waals surface area contributed by atoms with Gasteiger partial charge in [-0.15, -0.1) is 0 Å². The lowest BCUT2D eigenvalue weighted by Crippen LogP contribution is -2.56. The minimum Gasteiger partial charge on any atom is -0.389 e. The number of carbonyl (C=O) groups excluding carboxylic acids is 1. The van der Waals surface area contributed by atoms with Crippen molar-refractivity contribution < 1.29 is 9.90 Å². The van der Waals surface area contributed by atoms with Gasteiger partial charge < -0.3 is 5.11 Å². The molecule has 0 heterocycles. The predicted octanol–water partition coefficient (Wildman–Crippen LogP) is 5.32. The number of carbonyl (C=O) groups is 1. The summed E-state index contributed by atoms with van der Waals surface area (Å²) >= 11 is 0. The molecule has 2 nitrogen and oxygen atoms in total. The summed E-state index contributed by atoms with van der Waals surface area (Å²) in [6.45, 7) is 9.40. The monoisotopic (exact) mass is 368 g/mol. The van der Waals surface area contributed by atoms with Gasteiger partial charge in [0.05, 0.1) is 5.60 Å². The number of allylic oxidation sites excluding steroid dienone is 4. The molecule has 27 heavy (non-hydrogen) atoms. The fourth-order valence-electron chi connectivity index (χ4n) is 8.10. The van der Waals surface area contributed by atoms with E-state index in [0.29, 0.717) is 41.8 Å². The first-order chi connectivity index (χ1) is 12.7. The van der Waals surface area contributed by atoms with Crippen molar-refractivity contribution in [1.29, 1.82) is 0 Å². The molecule has 0 amide bonds. The molecule has 3 fully saturated rings. The van der Waals surface area contributed by atoms with Gasteiger partial charge in [0.15, 0.2) is 5.78 Å². The van der Waals surface area contributed by atoms with Crippen molar-refractivity contribution in [3.05, 3.63) is 23.8 Å². The summed E-state index contributed by atoms with van der Waals surface area (Å²) in [5.74, 6) is 4.09. The molecule has 0 aromatic carbocycles. The van der Waals surface area contributed by atoms with Gasteiger partial charge in [-0.1, -0.05) is 39.8 Å². The van der Waals surface area contributed by atoms with Crippen LogP contribution in [0.4, 0.5) is 0 Å². The molecular weight excluding hydrogens is 332 g/mol. The first kappa shape index (κ1) is 18.2. The fraction of sp³-hybridized carbons (Fsp3) is 0.800. The number of fused-ring (bicyclic) bond motifs is 7. The van der Waals surface area contributed by atoms with Gasteiger partial charge in [-0.25, -0.2) is 0 Å². The van der Waals surface area contributed by atoms with Crippen molar-refractivity contribution in [1.82, 2.24) is 0 Å². The summed E-state index contributed by atoms with van der Waals surface area (Å²) in [4.78, 5) is 12.0. The maximum atomic E-state index is 12.0. The van der Waals surface area contributed by atoms with Gasteiger partial charge in [0.2, 0.25) is 0 Å². The Morgan fingerprint density at radius 1 is 1.22 bits per heavy atom. The van der Waals surface area contributed by atoms with E-state index in [-0.39, 0.29) is 10.8 Å². The number of ketones is 1. The highest BCUT2D eigenvalue weighted by Crippen LogP contribution is 2.77. The Kier molecular flexibility index (Phi) is 3.76. The predicted molar refractivity (Wildman–Crippen MR) is 108 cm³/mol. The van der Waals surface area contributed by atoms with Crippen LogP contribution in [0.1, 0.15) is 72.6 Å². The summed E-state index contributed by atoms with van der Waals surface area (Å²) in [5.41, 5.74) is 1.06. The molecule has 0 aromatic rings. The molecule has 5 aliphatic carbocycles. The molecule has 0 saturated heterocycles. The standard InChI is InChI=1S/C25H36O2/c1-15(2)7-12-25(27)21-14-19(21)22-18-6-5-16-13-17(26)8-10-23(16,3)20(18)9-11-24(22,25)4/h5-6,13,15,18-22,27H,7-12,14H2,1-4H3/t18-,19-,20+,21+,22-,23+,24+,25+/m1/s1. The second-order valence-electron chi connectivity index (χ2n) is 11.4. The van der Waals surface area contributed by atoms with Crippen molar-refractivity contribution >= 4 is 5.78 Å². The first-order valence-corrected chi connectivity index (χ1v) is 11.4. The van der Waals surface area contributed by atoms with Gasteiger partial charge in [0, 0.05) is 11.8 Å². The molecule has 148 valence electrons. The zero-order valence-electron chi connectivity index (χ0n) is 17.5. The molecule has 0 bridgehead atoms. The Morgan fingerprint density at radius 3 is 2.74 bits per heavy atom. The molecule has 8 atom stereocenters. The molecule has 0 unspecified atom stereocenters. The Hall–Kier alpha value is -0.890. The quantitative estimate of drug-likeness (QED) is 0.732. The topological polar surface area (TPSA) is 37.3 Å². The minimum absolute atomic E-state index is 0.0725. The normalized spacial score (nSPS) is 52.7. The van der Waals surface area contributed by atoms with E-state index in [1.165, 1.54) is 18.4 Å². The van der Waals surface area contributed by atoms with E-state index in [9.17, 15) is 9.90 Å². The summed E-state index contributed by atoms with van der Waals surface area (Å²) in [5, 5.41) is 11.9. The van der Waals surface area contributed by atoms with Gasteiger partial charge in [-0.3, -0.25) is 4.79 Å². The second kappa shape index (κ2) is 5.59. The first-order valence-electron chi connectivity index (χ1n) is 11.4. The van der Waals surface area contributed by atoms with Gasteiger partial charge in [-0.05, 0) is 91.1 Å². The molecule has 3 saturated carbocycles. The van der Waals surface area contributed by atoms with Crippen LogP contribution in [0.15, 0.2) is 23.8 Å². The van der Waals surface area contributed by atoms with Crippen LogP contribution in [-0.2, 0) is 4.79 Å². The Balaban J connectivity index is 1.51.